The van der Waals surface area contributed by atoms with E-state index in [1.54, 1.807) is 6.92 Å². The maximum absolute atomic E-state index is 10.9. The standard InChI is InChI=1S/C5H15N5O2/c1-2-4(6,7)5(8,9)3(11)12-10/h2,6-10H2,1H3. The van der Waals surface area contributed by atoms with Gasteiger partial charge < -0.3 is 27.8 Å². The van der Waals surface area contributed by atoms with Gasteiger partial charge in [0.15, 0.2) is 5.66 Å². The summed E-state index contributed by atoms with van der Waals surface area (Å²) in [5, 5.41) is 0. The van der Waals surface area contributed by atoms with Crippen molar-refractivity contribution in [3.05, 3.63) is 0 Å². The van der Waals surface area contributed by atoms with Crippen LogP contribution < -0.4 is 28.8 Å². The maximum atomic E-state index is 10.9. The predicted molar refractivity (Wildman–Crippen MR) is 42.8 cm³/mol. The van der Waals surface area contributed by atoms with Crippen molar-refractivity contribution in [3.8, 4) is 0 Å². The van der Waals surface area contributed by atoms with E-state index in [9.17, 15) is 4.79 Å². The molecule has 0 spiro atoms. The van der Waals surface area contributed by atoms with Crippen LogP contribution in [0.15, 0.2) is 0 Å². The fourth-order valence-electron chi connectivity index (χ4n) is 0.580. The molecule has 0 rings (SSSR count). The van der Waals surface area contributed by atoms with Crippen molar-refractivity contribution in [3.63, 3.8) is 0 Å². The number of rotatable bonds is 3. The van der Waals surface area contributed by atoms with E-state index in [1.807, 2.05) is 0 Å². The third kappa shape index (κ3) is 1.71. The monoisotopic (exact) mass is 177 g/mol. The molecule has 7 nitrogen and oxygen atoms in total. The van der Waals surface area contributed by atoms with Gasteiger partial charge in [0.1, 0.15) is 5.66 Å². The summed E-state index contributed by atoms with van der Waals surface area (Å²) in [6, 6.07) is 0. The molecule has 0 unspecified atom stereocenters. The molecule has 12 heavy (non-hydrogen) atoms. The summed E-state index contributed by atoms with van der Waals surface area (Å²) in [6.45, 7) is 1.64. The summed E-state index contributed by atoms with van der Waals surface area (Å²) < 4.78 is 0. The minimum absolute atomic E-state index is 0.217. The van der Waals surface area contributed by atoms with Crippen LogP contribution in [-0.2, 0) is 9.63 Å². The first-order valence-corrected chi connectivity index (χ1v) is 3.36. The first-order valence-electron chi connectivity index (χ1n) is 3.36. The minimum Gasteiger partial charge on any atom is -0.371 e. The molecule has 0 aliphatic rings. The Labute approximate surface area is 70.1 Å². The van der Waals surface area contributed by atoms with Gasteiger partial charge >= 0.3 is 5.97 Å². The zero-order valence-electron chi connectivity index (χ0n) is 6.91. The molecule has 72 valence electrons. The average Bonchev–Trinajstić information content (AvgIpc) is 2.02. The van der Waals surface area contributed by atoms with Crippen LogP contribution in [0.4, 0.5) is 0 Å². The molecule has 0 aromatic carbocycles. The molecular weight excluding hydrogens is 162 g/mol. The molecule has 0 saturated carbocycles. The Morgan fingerprint density at radius 2 is 1.75 bits per heavy atom. The Morgan fingerprint density at radius 1 is 1.33 bits per heavy atom. The highest BCUT2D eigenvalue weighted by molar-refractivity contribution is 5.81. The summed E-state index contributed by atoms with van der Waals surface area (Å²) >= 11 is 0. The van der Waals surface area contributed by atoms with Gasteiger partial charge in [-0.15, -0.1) is 0 Å². The smallest absolute Gasteiger partial charge is 0.362 e. The fraction of sp³-hybridized carbons (Fsp3) is 0.800. The van der Waals surface area contributed by atoms with Crippen LogP contribution in [0.2, 0.25) is 0 Å². The van der Waals surface area contributed by atoms with E-state index in [0.29, 0.717) is 0 Å². The SMILES string of the molecule is CCC(N)(N)C(N)(N)C(=O)ON. The van der Waals surface area contributed by atoms with Crippen LogP contribution in [0.1, 0.15) is 13.3 Å². The second kappa shape index (κ2) is 3.33. The van der Waals surface area contributed by atoms with Crippen molar-refractivity contribution >= 4 is 5.97 Å². The summed E-state index contributed by atoms with van der Waals surface area (Å²) in [4.78, 5) is 14.7. The molecule has 0 amide bonds. The van der Waals surface area contributed by atoms with Crippen LogP contribution in [-0.4, -0.2) is 17.3 Å². The lowest BCUT2D eigenvalue weighted by atomic mass is 9.93. The van der Waals surface area contributed by atoms with Crippen molar-refractivity contribution in [1.82, 2.24) is 0 Å². The average molecular weight is 177 g/mol. The number of nitrogens with two attached hydrogens (primary N) is 5. The largest absolute Gasteiger partial charge is 0.371 e. The van der Waals surface area contributed by atoms with Crippen molar-refractivity contribution in [2.45, 2.75) is 24.7 Å². The van der Waals surface area contributed by atoms with Gasteiger partial charge in [-0.05, 0) is 6.42 Å². The first kappa shape index (κ1) is 11.3. The molecule has 0 aliphatic carbocycles. The molecule has 0 atom stereocenters. The Hall–Kier alpha value is -0.730. The van der Waals surface area contributed by atoms with E-state index in [-0.39, 0.29) is 6.42 Å². The molecule has 7 heteroatoms. The van der Waals surface area contributed by atoms with Gasteiger partial charge in [-0.3, -0.25) is 0 Å². The highest BCUT2D eigenvalue weighted by Gasteiger charge is 2.46. The van der Waals surface area contributed by atoms with Gasteiger partial charge in [0.05, 0.1) is 0 Å². The molecule has 0 bridgehead atoms. The molecule has 0 saturated heterocycles. The van der Waals surface area contributed by atoms with E-state index < -0.39 is 17.3 Å². The third-order valence-electron chi connectivity index (χ3n) is 1.80. The van der Waals surface area contributed by atoms with Gasteiger partial charge in [0.25, 0.3) is 0 Å². The molecule has 0 heterocycles. The molecule has 0 aliphatic heterocycles. The van der Waals surface area contributed by atoms with Crippen molar-refractivity contribution in [1.29, 1.82) is 0 Å². The molecule has 0 aromatic rings. The fourth-order valence-corrected chi connectivity index (χ4v) is 0.580. The second-order valence-corrected chi connectivity index (χ2v) is 2.67. The normalized spacial score (nSPS) is 12.8. The summed E-state index contributed by atoms with van der Waals surface area (Å²) in [5.41, 5.74) is 18.0. The van der Waals surface area contributed by atoms with E-state index in [2.05, 4.69) is 10.7 Å². The molecule has 0 radical (unpaired) electrons. The van der Waals surface area contributed by atoms with Crippen molar-refractivity contribution in [2.75, 3.05) is 0 Å². The van der Waals surface area contributed by atoms with Crippen LogP contribution in [0.25, 0.3) is 0 Å². The summed E-state index contributed by atoms with van der Waals surface area (Å²) in [7, 11) is 0. The topological polar surface area (TPSA) is 156 Å². The Morgan fingerprint density at radius 3 is 2.00 bits per heavy atom. The zero-order chi connectivity index (χ0) is 9.99. The number of hydrogen-bond donors (Lipinski definition) is 5. The highest BCUT2D eigenvalue weighted by Crippen LogP contribution is 2.10. The van der Waals surface area contributed by atoms with E-state index in [0.717, 1.165) is 0 Å². The number of hydrogen-bond acceptors (Lipinski definition) is 7. The molecular formula is C5H15N5O2. The summed E-state index contributed by atoms with van der Waals surface area (Å²) in [6.07, 6.45) is 0.217. The van der Waals surface area contributed by atoms with Gasteiger partial charge in [0, 0.05) is 0 Å². The van der Waals surface area contributed by atoms with Crippen LogP contribution in [0.5, 0.6) is 0 Å². The first-order chi connectivity index (χ1) is 5.29. The lowest BCUT2D eigenvalue weighted by Gasteiger charge is -2.36. The van der Waals surface area contributed by atoms with E-state index in [1.165, 1.54) is 0 Å². The van der Waals surface area contributed by atoms with Gasteiger partial charge in [0.2, 0.25) is 0 Å². The molecule has 10 N–H and O–H groups in total. The lowest BCUT2D eigenvalue weighted by molar-refractivity contribution is -0.153. The molecule has 0 aromatic heterocycles. The van der Waals surface area contributed by atoms with Crippen LogP contribution in [0, 0.1) is 0 Å². The van der Waals surface area contributed by atoms with Crippen LogP contribution >= 0.6 is 0 Å². The second-order valence-electron chi connectivity index (χ2n) is 2.67. The van der Waals surface area contributed by atoms with Crippen molar-refractivity contribution in [2.24, 2.45) is 28.8 Å². The van der Waals surface area contributed by atoms with Gasteiger partial charge in [-0.2, -0.15) is 5.90 Å². The Bertz CT molecular complexity index is 179. The summed E-state index contributed by atoms with van der Waals surface area (Å²) in [5.74, 6) is 3.54. The van der Waals surface area contributed by atoms with Gasteiger partial charge in [-0.25, -0.2) is 4.79 Å². The number of carbonyl (C=O) groups excluding carboxylic acids is 1. The Kier molecular flexibility index (Phi) is 3.13. The third-order valence-corrected chi connectivity index (χ3v) is 1.80. The highest BCUT2D eigenvalue weighted by atomic mass is 16.7. The zero-order valence-corrected chi connectivity index (χ0v) is 6.91. The van der Waals surface area contributed by atoms with Gasteiger partial charge in [-0.1, -0.05) is 6.92 Å². The minimum atomic E-state index is -1.98. The Balaban J connectivity index is 4.71. The van der Waals surface area contributed by atoms with E-state index >= 15 is 0 Å². The quantitative estimate of drug-likeness (QED) is 0.227. The molecule has 0 fully saturated rings. The lowest BCUT2D eigenvalue weighted by Crippen LogP contribution is -2.79. The van der Waals surface area contributed by atoms with Crippen molar-refractivity contribution < 1.29 is 9.63 Å². The number of carbonyl (C=O) groups is 1. The predicted octanol–water partition coefficient (Wildman–Crippen LogP) is -2.96. The maximum Gasteiger partial charge on any atom is 0.362 e. The van der Waals surface area contributed by atoms with Crippen LogP contribution in [0.3, 0.4) is 0 Å². The van der Waals surface area contributed by atoms with E-state index in [4.69, 9.17) is 22.9 Å².